The van der Waals surface area contributed by atoms with Gasteiger partial charge >= 0.3 is 6.09 Å². The van der Waals surface area contributed by atoms with E-state index in [4.69, 9.17) is 4.74 Å². The van der Waals surface area contributed by atoms with Crippen molar-refractivity contribution in [2.24, 2.45) is 0 Å². The van der Waals surface area contributed by atoms with Crippen LogP contribution in [0.1, 0.15) is 85.5 Å². The summed E-state index contributed by atoms with van der Waals surface area (Å²) in [5.74, 6) is 1.85. The van der Waals surface area contributed by atoms with Crippen molar-refractivity contribution in [2.45, 2.75) is 97.1 Å². The first-order valence-electron chi connectivity index (χ1n) is 9.48. The van der Waals surface area contributed by atoms with E-state index in [1.807, 2.05) is 32.5 Å². The molecule has 140 valence electrons. The topological polar surface area (TPSA) is 46.6 Å². The normalized spacial score (nSPS) is 18.2. The lowest BCUT2D eigenvalue weighted by atomic mass is 10.1. The van der Waals surface area contributed by atoms with Crippen molar-refractivity contribution in [1.29, 1.82) is 0 Å². The number of hydrogen-bond acceptors (Lipinski definition) is 4. The second-order valence-corrected chi connectivity index (χ2v) is 8.78. The molecule has 1 saturated heterocycles. The highest BCUT2D eigenvalue weighted by Crippen LogP contribution is 2.25. The Morgan fingerprint density at radius 3 is 2.42 bits per heavy atom. The predicted molar refractivity (Wildman–Crippen MR) is 101 cm³/mol. The lowest BCUT2D eigenvalue weighted by Gasteiger charge is -2.27. The Kier molecular flexibility index (Phi) is 9.79. The maximum Gasteiger partial charge on any atom is 0.417 e. The molecular formula is C19H35NO3S. The number of likely N-dealkylation sites (tertiary alicyclic amines) is 1. The molecule has 24 heavy (non-hydrogen) atoms. The van der Waals surface area contributed by atoms with Crippen molar-refractivity contribution in [3.8, 4) is 0 Å². The third-order valence-corrected chi connectivity index (χ3v) is 5.32. The van der Waals surface area contributed by atoms with Crippen molar-refractivity contribution in [3.05, 3.63) is 0 Å². The molecule has 5 heteroatoms. The van der Waals surface area contributed by atoms with Gasteiger partial charge in [-0.25, -0.2) is 9.69 Å². The summed E-state index contributed by atoms with van der Waals surface area (Å²) in [6.45, 7) is 7.73. The van der Waals surface area contributed by atoms with Crippen molar-refractivity contribution in [1.82, 2.24) is 4.90 Å². The average Bonchev–Trinajstić information content (AvgIpc) is 2.85. The van der Waals surface area contributed by atoms with E-state index in [0.29, 0.717) is 6.42 Å². The summed E-state index contributed by atoms with van der Waals surface area (Å²) in [6.07, 6.45) is 9.94. The third-order valence-electron chi connectivity index (χ3n) is 4.12. The van der Waals surface area contributed by atoms with Gasteiger partial charge in [-0.05, 0) is 39.4 Å². The highest BCUT2D eigenvalue weighted by molar-refractivity contribution is 7.99. The fourth-order valence-electron chi connectivity index (χ4n) is 2.84. The number of imide groups is 1. The van der Waals surface area contributed by atoms with Gasteiger partial charge in [-0.15, -0.1) is 0 Å². The maximum absolute atomic E-state index is 12.2. The Morgan fingerprint density at radius 2 is 1.79 bits per heavy atom. The zero-order valence-corrected chi connectivity index (χ0v) is 16.8. The molecule has 0 aromatic rings. The van der Waals surface area contributed by atoms with Gasteiger partial charge in [-0.1, -0.05) is 45.4 Å². The molecule has 1 aliphatic rings. The SMILES string of the molecule is CCCCCCCCCSCC1CCC(=O)N1C(=O)OC(C)(C)C. The van der Waals surface area contributed by atoms with Gasteiger partial charge < -0.3 is 4.74 Å². The number of carbonyl (C=O) groups is 2. The third kappa shape index (κ3) is 8.41. The van der Waals surface area contributed by atoms with Crippen molar-refractivity contribution in [2.75, 3.05) is 11.5 Å². The molecule has 0 aromatic carbocycles. The number of hydrogen-bond donors (Lipinski definition) is 0. The number of ether oxygens (including phenoxy) is 1. The quantitative estimate of drug-likeness (QED) is 0.491. The molecular weight excluding hydrogens is 322 g/mol. The highest BCUT2D eigenvalue weighted by Gasteiger charge is 2.38. The van der Waals surface area contributed by atoms with Crippen LogP contribution in [-0.4, -0.2) is 40.0 Å². The molecule has 1 aliphatic heterocycles. The molecule has 1 heterocycles. The van der Waals surface area contributed by atoms with Gasteiger partial charge in [0.15, 0.2) is 0 Å². The van der Waals surface area contributed by atoms with E-state index < -0.39 is 11.7 Å². The van der Waals surface area contributed by atoms with Crippen LogP contribution in [0.4, 0.5) is 4.79 Å². The van der Waals surface area contributed by atoms with Crippen LogP contribution in [0.25, 0.3) is 0 Å². The minimum atomic E-state index is -0.560. The zero-order valence-electron chi connectivity index (χ0n) is 15.9. The van der Waals surface area contributed by atoms with E-state index in [9.17, 15) is 9.59 Å². The second-order valence-electron chi connectivity index (χ2n) is 7.63. The lowest BCUT2D eigenvalue weighted by molar-refractivity contribution is -0.127. The van der Waals surface area contributed by atoms with Gasteiger partial charge in [0.05, 0.1) is 6.04 Å². The monoisotopic (exact) mass is 357 g/mol. The first kappa shape index (κ1) is 21.3. The van der Waals surface area contributed by atoms with Crippen molar-refractivity contribution < 1.29 is 14.3 Å². The van der Waals surface area contributed by atoms with Crippen LogP contribution in [0.3, 0.4) is 0 Å². The van der Waals surface area contributed by atoms with Crippen LogP contribution < -0.4 is 0 Å². The number of thioether (sulfide) groups is 1. The van der Waals surface area contributed by atoms with Crippen LogP contribution >= 0.6 is 11.8 Å². The van der Waals surface area contributed by atoms with Crippen LogP contribution in [0, 0.1) is 0 Å². The minimum Gasteiger partial charge on any atom is -0.443 e. The van der Waals surface area contributed by atoms with Gasteiger partial charge in [-0.2, -0.15) is 11.8 Å². The summed E-state index contributed by atoms with van der Waals surface area (Å²) >= 11 is 1.86. The number of amides is 2. The summed E-state index contributed by atoms with van der Waals surface area (Å²) in [6, 6.07) is 0.00176. The average molecular weight is 358 g/mol. The molecule has 0 radical (unpaired) electrons. The molecule has 0 N–H and O–H groups in total. The first-order chi connectivity index (χ1) is 11.3. The van der Waals surface area contributed by atoms with Gasteiger partial charge in [0.25, 0.3) is 0 Å². The summed E-state index contributed by atoms with van der Waals surface area (Å²) < 4.78 is 5.37. The standard InChI is InChI=1S/C19H35NO3S/c1-5-6-7-8-9-10-11-14-24-15-16-12-13-17(21)20(16)18(22)23-19(2,3)4/h16H,5-15H2,1-4H3. The highest BCUT2D eigenvalue weighted by atomic mass is 32.2. The molecule has 0 saturated carbocycles. The summed E-state index contributed by atoms with van der Waals surface area (Å²) in [5, 5.41) is 0. The Morgan fingerprint density at radius 1 is 1.17 bits per heavy atom. The van der Waals surface area contributed by atoms with Gasteiger partial charge in [-0.3, -0.25) is 4.79 Å². The molecule has 0 aliphatic carbocycles. The Labute approximate surface area is 152 Å². The molecule has 4 nitrogen and oxygen atoms in total. The van der Waals surface area contributed by atoms with E-state index in [1.54, 1.807) is 0 Å². The fourth-order valence-corrected chi connectivity index (χ4v) is 4.01. The Bertz CT molecular complexity index is 393. The maximum atomic E-state index is 12.2. The summed E-state index contributed by atoms with van der Waals surface area (Å²) in [4.78, 5) is 25.6. The molecule has 0 bridgehead atoms. The van der Waals surface area contributed by atoms with E-state index >= 15 is 0 Å². The van der Waals surface area contributed by atoms with Crippen LogP contribution in [-0.2, 0) is 9.53 Å². The van der Waals surface area contributed by atoms with Crippen molar-refractivity contribution in [3.63, 3.8) is 0 Å². The summed E-state index contributed by atoms with van der Waals surface area (Å²) in [7, 11) is 0. The van der Waals surface area contributed by atoms with Gasteiger partial charge in [0.2, 0.25) is 5.91 Å². The minimum absolute atomic E-state index is 0.00176. The molecule has 1 fully saturated rings. The number of unbranched alkanes of at least 4 members (excludes halogenated alkanes) is 6. The smallest absolute Gasteiger partial charge is 0.417 e. The van der Waals surface area contributed by atoms with Crippen LogP contribution in [0.2, 0.25) is 0 Å². The number of carbonyl (C=O) groups excluding carboxylic acids is 2. The lowest BCUT2D eigenvalue weighted by Crippen LogP contribution is -2.43. The molecule has 0 aromatic heterocycles. The molecule has 0 spiro atoms. The molecule has 1 unspecified atom stereocenters. The van der Waals surface area contributed by atoms with Gasteiger partial charge in [0, 0.05) is 12.2 Å². The van der Waals surface area contributed by atoms with Crippen molar-refractivity contribution >= 4 is 23.8 Å². The Hall–Kier alpha value is -0.710. The number of rotatable bonds is 10. The molecule has 1 atom stereocenters. The van der Waals surface area contributed by atoms with Gasteiger partial charge in [0.1, 0.15) is 5.60 Å². The summed E-state index contributed by atoms with van der Waals surface area (Å²) in [5.41, 5.74) is -0.560. The van der Waals surface area contributed by atoms with Crippen LogP contribution in [0.15, 0.2) is 0 Å². The zero-order chi connectivity index (χ0) is 18.0. The predicted octanol–water partition coefficient (Wildman–Crippen LogP) is 5.40. The number of nitrogens with zero attached hydrogens (tertiary/aromatic N) is 1. The molecule has 1 rings (SSSR count). The van der Waals surface area contributed by atoms with E-state index in [-0.39, 0.29) is 11.9 Å². The fraction of sp³-hybridized carbons (Fsp3) is 0.895. The van der Waals surface area contributed by atoms with E-state index in [2.05, 4.69) is 6.92 Å². The van der Waals surface area contributed by atoms with Crippen LogP contribution in [0.5, 0.6) is 0 Å². The van der Waals surface area contributed by atoms with E-state index in [0.717, 1.165) is 17.9 Å². The largest absolute Gasteiger partial charge is 0.443 e. The first-order valence-corrected chi connectivity index (χ1v) is 10.6. The second kappa shape index (κ2) is 11.0. The Balaban J connectivity index is 2.21. The van der Waals surface area contributed by atoms with E-state index in [1.165, 1.54) is 49.8 Å². The molecule has 2 amide bonds.